The third-order valence-electron chi connectivity index (χ3n) is 2.96. The van der Waals surface area contributed by atoms with Crippen LogP contribution in [0, 0.1) is 5.92 Å². The predicted molar refractivity (Wildman–Crippen MR) is 68.5 cm³/mol. The van der Waals surface area contributed by atoms with Crippen molar-refractivity contribution in [2.24, 2.45) is 5.92 Å². The highest BCUT2D eigenvalue weighted by molar-refractivity contribution is 5.54. The Morgan fingerprint density at radius 1 is 1.12 bits per heavy atom. The first-order valence-corrected chi connectivity index (χ1v) is 6.36. The molecule has 0 aliphatic heterocycles. The first kappa shape index (κ1) is 13.0. The van der Waals surface area contributed by atoms with Crippen LogP contribution in [-0.4, -0.2) is 6.29 Å². The molecule has 1 rings (SSSR count). The lowest BCUT2D eigenvalue weighted by Crippen LogP contribution is -2.06. The molecule has 0 bridgehead atoms. The van der Waals surface area contributed by atoms with E-state index in [-0.39, 0.29) is 5.92 Å². The fourth-order valence-electron chi connectivity index (χ4n) is 1.97. The smallest absolute Gasteiger partial charge is 0.123 e. The van der Waals surface area contributed by atoms with Crippen LogP contribution in [0.25, 0.3) is 0 Å². The summed E-state index contributed by atoms with van der Waals surface area (Å²) in [6.45, 7) is 2.21. The van der Waals surface area contributed by atoms with Crippen molar-refractivity contribution in [2.75, 3.05) is 0 Å². The van der Waals surface area contributed by atoms with Crippen LogP contribution in [0.4, 0.5) is 0 Å². The molecule has 1 aromatic rings. The summed E-state index contributed by atoms with van der Waals surface area (Å²) in [6.07, 6.45) is 8.05. The lowest BCUT2D eigenvalue weighted by atomic mass is 9.95. The summed E-state index contributed by atoms with van der Waals surface area (Å²) in [5, 5.41) is 0. The summed E-state index contributed by atoms with van der Waals surface area (Å²) in [5.74, 6) is 0.208. The summed E-state index contributed by atoms with van der Waals surface area (Å²) in [7, 11) is 0. The van der Waals surface area contributed by atoms with Crippen molar-refractivity contribution in [3.8, 4) is 0 Å². The van der Waals surface area contributed by atoms with Gasteiger partial charge in [0.1, 0.15) is 6.29 Å². The molecule has 0 amide bonds. The van der Waals surface area contributed by atoms with Gasteiger partial charge in [0.2, 0.25) is 0 Å². The van der Waals surface area contributed by atoms with Crippen molar-refractivity contribution in [2.45, 2.75) is 45.4 Å². The van der Waals surface area contributed by atoms with E-state index < -0.39 is 0 Å². The van der Waals surface area contributed by atoms with Crippen LogP contribution in [-0.2, 0) is 11.2 Å². The van der Waals surface area contributed by atoms with Crippen molar-refractivity contribution in [1.82, 2.24) is 0 Å². The average Bonchev–Trinajstić information content (AvgIpc) is 2.34. The number of benzene rings is 1. The molecule has 0 N–H and O–H groups in total. The Balaban J connectivity index is 2.29. The van der Waals surface area contributed by atoms with Gasteiger partial charge < -0.3 is 4.79 Å². The maximum atomic E-state index is 11.0. The number of carbonyl (C=O) groups is 1. The van der Waals surface area contributed by atoms with Gasteiger partial charge in [-0.3, -0.25) is 0 Å². The minimum Gasteiger partial charge on any atom is -0.303 e. The zero-order valence-electron chi connectivity index (χ0n) is 10.2. The highest BCUT2D eigenvalue weighted by atomic mass is 16.1. The van der Waals surface area contributed by atoms with E-state index in [1.165, 1.54) is 31.2 Å². The third-order valence-corrected chi connectivity index (χ3v) is 2.96. The molecule has 1 aromatic carbocycles. The van der Waals surface area contributed by atoms with E-state index in [0.717, 1.165) is 19.1 Å². The van der Waals surface area contributed by atoms with Gasteiger partial charge in [-0.05, 0) is 18.4 Å². The van der Waals surface area contributed by atoms with Crippen LogP contribution in [0.1, 0.15) is 44.6 Å². The van der Waals surface area contributed by atoms with E-state index in [0.29, 0.717) is 0 Å². The van der Waals surface area contributed by atoms with Gasteiger partial charge in [-0.1, -0.05) is 62.9 Å². The molecular formula is C15H22O. The molecule has 1 atom stereocenters. The number of rotatable bonds is 8. The van der Waals surface area contributed by atoms with Crippen LogP contribution >= 0.6 is 0 Å². The van der Waals surface area contributed by atoms with Crippen LogP contribution in [0.15, 0.2) is 30.3 Å². The Labute approximate surface area is 98.9 Å². The lowest BCUT2D eigenvalue weighted by molar-refractivity contribution is -0.111. The maximum Gasteiger partial charge on any atom is 0.123 e. The van der Waals surface area contributed by atoms with E-state index in [9.17, 15) is 4.79 Å². The Hall–Kier alpha value is -1.11. The zero-order chi connectivity index (χ0) is 11.6. The van der Waals surface area contributed by atoms with E-state index in [4.69, 9.17) is 0 Å². The number of hydrogen-bond acceptors (Lipinski definition) is 1. The standard InChI is InChI=1S/C15H22O/c1-2-3-4-6-11-15(13-16)12-14-9-7-5-8-10-14/h5,7-10,13,15H,2-4,6,11-12H2,1H3. The van der Waals surface area contributed by atoms with E-state index in [1.807, 2.05) is 18.2 Å². The topological polar surface area (TPSA) is 17.1 Å². The number of unbranched alkanes of at least 4 members (excludes halogenated alkanes) is 3. The zero-order valence-corrected chi connectivity index (χ0v) is 10.2. The largest absolute Gasteiger partial charge is 0.303 e. The molecule has 0 saturated carbocycles. The van der Waals surface area contributed by atoms with E-state index >= 15 is 0 Å². The molecule has 0 heterocycles. The molecule has 0 radical (unpaired) electrons. The second-order valence-electron chi connectivity index (χ2n) is 4.44. The molecule has 1 unspecified atom stereocenters. The monoisotopic (exact) mass is 218 g/mol. The summed E-state index contributed by atoms with van der Waals surface area (Å²) < 4.78 is 0. The molecule has 0 aliphatic carbocycles. The minimum absolute atomic E-state index is 0.208. The van der Waals surface area contributed by atoms with Gasteiger partial charge in [0.05, 0.1) is 0 Å². The van der Waals surface area contributed by atoms with Crippen LogP contribution in [0.3, 0.4) is 0 Å². The molecule has 0 aliphatic rings. The number of hydrogen-bond donors (Lipinski definition) is 0. The predicted octanol–water partition coefficient (Wildman–Crippen LogP) is 4.01. The van der Waals surface area contributed by atoms with Gasteiger partial charge in [0, 0.05) is 5.92 Å². The number of aldehydes is 1. The van der Waals surface area contributed by atoms with Gasteiger partial charge in [-0.15, -0.1) is 0 Å². The Kier molecular flexibility index (Phi) is 6.55. The molecule has 1 nitrogen and oxygen atoms in total. The maximum absolute atomic E-state index is 11.0. The van der Waals surface area contributed by atoms with E-state index in [1.54, 1.807) is 0 Å². The minimum atomic E-state index is 0.208. The Morgan fingerprint density at radius 3 is 2.50 bits per heavy atom. The molecule has 0 fully saturated rings. The molecule has 0 saturated heterocycles. The summed E-state index contributed by atoms with van der Waals surface area (Å²) in [6, 6.07) is 10.3. The fraction of sp³-hybridized carbons (Fsp3) is 0.533. The van der Waals surface area contributed by atoms with Crippen molar-refractivity contribution in [3.63, 3.8) is 0 Å². The second-order valence-corrected chi connectivity index (χ2v) is 4.44. The van der Waals surface area contributed by atoms with Crippen molar-refractivity contribution in [1.29, 1.82) is 0 Å². The first-order chi connectivity index (χ1) is 7.86. The van der Waals surface area contributed by atoms with Gasteiger partial charge >= 0.3 is 0 Å². The van der Waals surface area contributed by atoms with Crippen LogP contribution in [0.2, 0.25) is 0 Å². The van der Waals surface area contributed by atoms with Gasteiger partial charge in [0.25, 0.3) is 0 Å². The highest BCUT2D eigenvalue weighted by Gasteiger charge is 2.07. The second kappa shape index (κ2) is 8.09. The van der Waals surface area contributed by atoms with Crippen molar-refractivity contribution < 1.29 is 4.79 Å². The van der Waals surface area contributed by atoms with Crippen LogP contribution < -0.4 is 0 Å². The Bertz CT molecular complexity index is 279. The molecule has 0 spiro atoms. The van der Waals surface area contributed by atoms with Crippen molar-refractivity contribution >= 4 is 6.29 Å². The third kappa shape index (κ3) is 5.11. The lowest BCUT2D eigenvalue weighted by Gasteiger charge is -2.09. The SMILES string of the molecule is CCCCCCC(C=O)Cc1ccccc1. The number of carbonyl (C=O) groups excluding carboxylic acids is 1. The van der Waals surface area contributed by atoms with Crippen molar-refractivity contribution in [3.05, 3.63) is 35.9 Å². The fourth-order valence-corrected chi connectivity index (χ4v) is 1.97. The van der Waals surface area contributed by atoms with Gasteiger partial charge in [-0.2, -0.15) is 0 Å². The van der Waals surface area contributed by atoms with Gasteiger partial charge in [0.15, 0.2) is 0 Å². The normalized spacial score (nSPS) is 12.3. The molecule has 1 heteroatoms. The highest BCUT2D eigenvalue weighted by Crippen LogP contribution is 2.14. The molecule has 88 valence electrons. The summed E-state index contributed by atoms with van der Waals surface area (Å²) in [5.41, 5.74) is 1.27. The van der Waals surface area contributed by atoms with Crippen LogP contribution in [0.5, 0.6) is 0 Å². The molecule has 16 heavy (non-hydrogen) atoms. The average molecular weight is 218 g/mol. The quantitative estimate of drug-likeness (QED) is 0.476. The molecule has 0 aromatic heterocycles. The summed E-state index contributed by atoms with van der Waals surface area (Å²) in [4.78, 5) is 11.0. The van der Waals surface area contributed by atoms with Gasteiger partial charge in [-0.25, -0.2) is 0 Å². The molecular weight excluding hydrogens is 196 g/mol. The first-order valence-electron chi connectivity index (χ1n) is 6.36. The summed E-state index contributed by atoms with van der Waals surface area (Å²) >= 11 is 0. The Morgan fingerprint density at radius 2 is 1.88 bits per heavy atom. The van der Waals surface area contributed by atoms with E-state index in [2.05, 4.69) is 19.1 Å².